The summed E-state index contributed by atoms with van der Waals surface area (Å²) in [4.78, 5) is 33.1. The van der Waals surface area contributed by atoms with E-state index in [0.717, 1.165) is 56.2 Å². The van der Waals surface area contributed by atoms with E-state index in [1.807, 2.05) is 22.4 Å². The third kappa shape index (κ3) is 5.50. The van der Waals surface area contributed by atoms with Gasteiger partial charge in [0.15, 0.2) is 5.69 Å². The van der Waals surface area contributed by atoms with Crippen molar-refractivity contribution in [2.24, 2.45) is 0 Å². The molecular formula is C23H31N3O3S. The molecule has 2 saturated carbocycles. The molecule has 0 aliphatic heterocycles. The summed E-state index contributed by atoms with van der Waals surface area (Å²) in [5.41, 5.74) is 0.310. The molecule has 0 aromatic carbocycles. The lowest BCUT2D eigenvalue weighted by molar-refractivity contribution is -0.134. The summed E-state index contributed by atoms with van der Waals surface area (Å²) in [6.45, 7) is 0.325. The molecule has 2 amide bonds. The highest BCUT2D eigenvalue weighted by Crippen LogP contribution is 2.25. The van der Waals surface area contributed by atoms with Gasteiger partial charge in [0.1, 0.15) is 6.26 Å². The number of amides is 2. The average molecular weight is 430 g/mol. The molecule has 7 heteroatoms. The Hall–Kier alpha value is -2.15. The van der Waals surface area contributed by atoms with Crippen molar-refractivity contribution >= 4 is 23.2 Å². The Labute approximate surface area is 182 Å². The van der Waals surface area contributed by atoms with Crippen LogP contribution in [0.5, 0.6) is 0 Å². The molecule has 2 aromatic rings. The normalized spacial score (nSPS) is 18.3. The quantitative estimate of drug-likeness (QED) is 0.692. The van der Waals surface area contributed by atoms with Crippen molar-refractivity contribution in [3.05, 3.63) is 40.2 Å². The van der Waals surface area contributed by atoms with Crippen molar-refractivity contribution in [2.75, 3.05) is 0 Å². The lowest BCUT2D eigenvalue weighted by atomic mass is 9.94. The van der Waals surface area contributed by atoms with Gasteiger partial charge in [0.25, 0.3) is 5.91 Å². The van der Waals surface area contributed by atoms with Gasteiger partial charge < -0.3 is 14.6 Å². The molecule has 0 atom stereocenters. The summed E-state index contributed by atoms with van der Waals surface area (Å²) < 4.78 is 5.62. The Bertz CT molecular complexity index is 821. The van der Waals surface area contributed by atoms with Crippen LogP contribution in [0.25, 0.3) is 0 Å². The fourth-order valence-corrected chi connectivity index (χ4v) is 5.31. The van der Waals surface area contributed by atoms with E-state index < -0.39 is 0 Å². The second-order valence-corrected chi connectivity index (χ2v) is 9.54. The van der Waals surface area contributed by atoms with E-state index in [0.29, 0.717) is 24.6 Å². The van der Waals surface area contributed by atoms with Gasteiger partial charge in [-0.15, -0.1) is 11.3 Å². The van der Waals surface area contributed by atoms with Gasteiger partial charge in [-0.05, 0) is 37.1 Å². The fourth-order valence-electron chi connectivity index (χ4n) is 4.62. The largest absolute Gasteiger partial charge is 0.446 e. The Kier molecular flexibility index (Phi) is 7.20. The smallest absolute Gasteiger partial charge is 0.273 e. The van der Waals surface area contributed by atoms with Crippen LogP contribution in [0.4, 0.5) is 0 Å². The first kappa shape index (κ1) is 21.1. The first-order valence-corrected chi connectivity index (χ1v) is 12.1. The highest BCUT2D eigenvalue weighted by atomic mass is 32.1. The molecule has 2 heterocycles. The van der Waals surface area contributed by atoms with Crippen LogP contribution in [0.3, 0.4) is 0 Å². The third-order valence-corrected chi connectivity index (χ3v) is 7.15. The molecule has 162 valence electrons. The van der Waals surface area contributed by atoms with Crippen LogP contribution >= 0.6 is 11.3 Å². The summed E-state index contributed by atoms with van der Waals surface area (Å²) in [5, 5.41) is 5.08. The topological polar surface area (TPSA) is 75.4 Å². The summed E-state index contributed by atoms with van der Waals surface area (Å²) in [7, 11) is 0. The van der Waals surface area contributed by atoms with Gasteiger partial charge >= 0.3 is 0 Å². The van der Waals surface area contributed by atoms with Crippen molar-refractivity contribution in [3.8, 4) is 0 Å². The van der Waals surface area contributed by atoms with Gasteiger partial charge in [0, 0.05) is 17.0 Å². The predicted molar refractivity (Wildman–Crippen MR) is 116 cm³/mol. The molecule has 0 radical (unpaired) electrons. The first-order chi connectivity index (χ1) is 14.7. The Morgan fingerprint density at radius 1 is 1.10 bits per heavy atom. The number of thiophene rings is 1. The van der Waals surface area contributed by atoms with Crippen LogP contribution in [-0.4, -0.2) is 33.8 Å². The molecule has 30 heavy (non-hydrogen) atoms. The lowest BCUT2D eigenvalue weighted by Gasteiger charge is -2.33. The zero-order valence-electron chi connectivity index (χ0n) is 17.5. The molecule has 1 N–H and O–H groups in total. The predicted octanol–water partition coefficient (Wildman–Crippen LogP) is 4.70. The van der Waals surface area contributed by atoms with Crippen LogP contribution in [0, 0.1) is 0 Å². The minimum absolute atomic E-state index is 0.107. The van der Waals surface area contributed by atoms with Crippen LogP contribution < -0.4 is 5.32 Å². The summed E-state index contributed by atoms with van der Waals surface area (Å²) in [5.74, 6) is 0.371. The van der Waals surface area contributed by atoms with E-state index in [4.69, 9.17) is 4.42 Å². The monoisotopic (exact) mass is 429 g/mol. The number of hydrogen-bond acceptors (Lipinski definition) is 5. The van der Waals surface area contributed by atoms with E-state index in [2.05, 4.69) is 10.3 Å². The lowest BCUT2D eigenvalue weighted by Crippen LogP contribution is -2.41. The van der Waals surface area contributed by atoms with Crippen molar-refractivity contribution in [2.45, 2.75) is 89.3 Å². The van der Waals surface area contributed by atoms with E-state index in [9.17, 15) is 9.59 Å². The van der Waals surface area contributed by atoms with Gasteiger partial charge in [0.05, 0.1) is 13.0 Å². The Morgan fingerprint density at radius 3 is 2.53 bits per heavy atom. The van der Waals surface area contributed by atoms with E-state index in [1.54, 1.807) is 11.3 Å². The summed E-state index contributed by atoms with van der Waals surface area (Å²) in [6, 6.07) is 4.43. The molecule has 0 unspecified atom stereocenters. The second kappa shape index (κ2) is 10.2. The molecule has 6 nitrogen and oxygen atoms in total. The van der Waals surface area contributed by atoms with Gasteiger partial charge in [-0.1, -0.05) is 44.6 Å². The molecule has 2 aliphatic carbocycles. The van der Waals surface area contributed by atoms with Crippen molar-refractivity contribution < 1.29 is 14.0 Å². The van der Waals surface area contributed by atoms with Crippen LogP contribution in [0.2, 0.25) is 0 Å². The van der Waals surface area contributed by atoms with Gasteiger partial charge in [-0.3, -0.25) is 9.59 Å². The highest BCUT2D eigenvalue weighted by molar-refractivity contribution is 7.10. The maximum atomic E-state index is 13.1. The fraction of sp³-hybridized carbons (Fsp3) is 0.609. The van der Waals surface area contributed by atoms with Crippen molar-refractivity contribution in [1.82, 2.24) is 15.2 Å². The molecule has 0 saturated heterocycles. The minimum Gasteiger partial charge on any atom is -0.446 e. The number of nitrogens with one attached hydrogen (secondary N) is 1. The second-order valence-electron chi connectivity index (χ2n) is 8.50. The van der Waals surface area contributed by atoms with Crippen LogP contribution in [0.15, 0.2) is 28.2 Å². The Balaban J connectivity index is 1.41. The molecule has 0 spiro atoms. The number of rotatable bonds is 7. The average Bonchev–Trinajstić information content (AvgIpc) is 3.45. The maximum absolute atomic E-state index is 13.1. The van der Waals surface area contributed by atoms with E-state index in [1.165, 1.54) is 19.1 Å². The zero-order valence-corrected chi connectivity index (χ0v) is 18.3. The van der Waals surface area contributed by atoms with Crippen LogP contribution in [-0.2, 0) is 17.8 Å². The van der Waals surface area contributed by atoms with Gasteiger partial charge in [0.2, 0.25) is 11.8 Å². The third-order valence-electron chi connectivity index (χ3n) is 6.27. The number of hydrogen-bond donors (Lipinski definition) is 1. The maximum Gasteiger partial charge on any atom is 0.273 e. The van der Waals surface area contributed by atoms with E-state index in [-0.39, 0.29) is 23.9 Å². The standard InChI is InChI=1S/C23H31N3O3S/c27-22(14-19-12-7-13-30-19)26(18-10-5-2-6-11-18)15-21-25-20(16-29-21)23(28)24-17-8-3-1-4-9-17/h7,12-13,16-18H,1-6,8-11,14-15H2,(H,24,28). The zero-order chi connectivity index (χ0) is 20.8. The Morgan fingerprint density at radius 2 is 1.83 bits per heavy atom. The molecule has 2 fully saturated rings. The van der Waals surface area contributed by atoms with Gasteiger partial charge in [-0.25, -0.2) is 4.98 Å². The summed E-state index contributed by atoms with van der Waals surface area (Å²) >= 11 is 1.61. The molecular weight excluding hydrogens is 398 g/mol. The van der Waals surface area contributed by atoms with Crippen LogP contribution in [0.1, 0.15) is 85.5 Å². The molecule has 4 rings (SSSR count). The number of oxazole rings is 1. The van der Waals surface area contributed by atoms with E-state index >= 15 is 0 Å². The first-order valence-electron chi connectivity index (χ1n) is 11.3. The molecule has 2 aliphatic rings. The number of carbonyl (C=O) groups is 2. The highest BCUT2D eigenvalue weighted by Gasteiger charge is 2.28. The number of carbonyl (C=O) groups excluding carboxylic acids is 2. The minimum atomic E-state index is -0.175. The number of nitrogens with zero attached hydrogens (tertiary/aromatic N) is 2. The van der Waals surface area contributed by atoms with Gasteiger partial charge in [-0.2, -0.15) is 0 Å². The summed E-state index contributed by atoms with van der Waals surface area (Å²) in [6.07, 6.45) is 13.0. The SMILES string of the molecule is O=C(NC1CCCCC1)c1coc(CN(C(=O)Cc2cccs2)C2CCCCC2)n1. The van der Waals surface area contributed by atoms with Crippen molar-refractivity contribution in [1.29, 1.82) is 0 Å². The van der Waals surface area contributed by atoms with Crippen molar-refractivity contribution in [3.63, 3.8) is 0 Å². The molecule has 2 aromatic heterocycles. The number of aromatic nitrogens is 1. The molecule has 0 bridgehead atoms.